The number of nitrogens with zero attached hydrogens (tertiary/aromatic N) is 2. The van der Waals surface area contributed by atoms with Crippen molar-refractivity contribution in [2.24, 2.45) is 0 Å². The molecule has 0 aromatic carbocycles. The van der Waals surface area contributed by atoms with Crippen LogP contribution >= 0.6 is 0 Å². The Morgan fingerprint density at radius 3 is 2.80 bits per heavy atom. The summed E-state index contributed by atoms with van der Waals surface area (Å²) >= 11 is 0. The standard InChI is InChI=1S/C10H8BN2O.Y/c1-8-12-6-4-10(14)13(8)9-3-2-5-11-7-9;/h2-7H,1H2;/q-1;. The Hall–Kier alpha value is -0.731. The zero-order valence-electron chi connectivity index (χ0n) is 8.13. The van der Waals surface area contributed by atoms with Crippen LogP contribution in [0.25, 0.3) is 5.69 Å². The largest absolute Gasteiger partial charge is 0 e. The molecular weight excluding hydrogens is 264 g/mol. The van der Waals surface area contributed by atoms with Gasteiger partial charge in [-0.1, -0.05) is 0 Å². The van der Waals surface area contributed by atoms with Gasteiger partial charge >= 0.3 is 81.6 Å². The molecule has 5 heteroatoms. The molecule has 0 atom stereocenters. The van der Waals surface area contributed by atoms with Gasteiger partial charge in [-0.25, -0.2) is 0 Å². The monoisotopic (exact) mass is 272 g/mol. The zero-order chi connectivity index (χ0) is 9.97. The molecule has 15 heavy (non-hydrogen) atoms. The first-order chi connectivity index (χ1) is 6.79. The summed E-state index contributed by atoms with van der Waals surface area (Å²) in [5.74, 6) is 4.19. The molecule has 0 aliphatic rings. The van der Waals surface area contributed by atoms with E-state index in [-0.39, 0.29) is 38.3 Å². The van der Waals surface area contributed by atoms with Gasteiger partial charge in [-0.2, -0.15) is 0 Å². The van der Waals surface area contributed by atoms with Crippen LogP contribution in [0.2, 0.25) is 0 Å². The number of aromatic nitrogens is 2. The summed E-state index contributed by atoms with van der Waals surface area (Å²) in [6.45, 7) is 5.58. The van der Waals surface area contributed by atoms with Crippen molar-refractivity contribution in [3.05, 3.63) is 59.4 Å². The fraction of sp³-hybridized carbons (Fsp3) is 0. The van der Waals surface area contributed by atoms with Gasteiger partial charge in [0, 0.05) is 32.7 Å². The first kappa shape index (κ1) is 12.3. The molecule has 0 saturated carbocycles. The maximum absolute atomic E-state index is 11.5. The first-order valence-corrected chi connectivity index (χ1v) is 4.24. The quantitative estimate of drug-likeness (QED) is 0.718. The van der Waals surface area contributed by atoms with Crippen LogP contribution in [0, 0.1) is 6.92 Å². The molecule has 0 N–H and O–H groups in total. The zero-order valence-corrected chi connectivity index (χ0v) is 11.0. The van der Waals surface area contributed by atoms with Crippen LogP contribution in [0.3, 0.4) is 0 Å². The van der Waals surface area contributed by atoms with Crippen LogP contribution in [-0.4, -0.2) is 16.5 Å². The molecule has 2 aromatic heterocycles. The Morgan fingerprint density at radius 2 is 2.20 bits per heavy atom. The van der Waals surface area contributed by atoms with Crippen LogP contribution in [0.15, 0.2) is 41.1 Å². The van der Waals surface area contributed by atoms with Gasteiger partial charge in [0.1, 0.15) is 0 Å². The molecule has 2 heterocycles. The third-order valence-corrected chi connectivity index (χ3v) is 1.93. The SMILES string of the molecule is [CH2-]c1nccc(=O)n1-c1cbccc1.[Y]. The molecule has 3 nitrogen and oxygen atoms in total. The molecule has 0 aliphatic heterocycles. The van der Waals surface area contributed by atoms with Crippen LogP contribution in [0.4, 0.5) is 0 Å². The van der Waals surface area contributed by atoms with Gasteiger partial charge in [-0.3, -0.25) is 0 Å². The van der Waals surface area contributed by atoms with Gasteiger partial charge in [-0.15, -0.1) is 0 Å². The summed E-state index contributed by atoms with van der Waals surface area (Å²) in [5.41, 5.74) is 0.673. The summed E-state index contributed by atoms with van der Waals surface area (Å²) in [6, 6.07) is 5.13. The van der Waals surface area contributed by atoms with E-state index in [4.69, 9.17) is 0 Å². The van der Waals surface area contributed by atoms with Crippen molar-refractivity contribution in [1.29, 1.82) is 0 Å². The molecule has 0 spiro atoms. The molecule has 0 unspecified atom stereocenters. The van der Waals surface area contributed by atoms with Crippen LogP contribution in [0.1, 0.15) is 5.82 Å². The van der Waals surface area contributed by atoms with Gasteiger partial charge in [0.25, 0.3) is 0 Å². The van der Waals surface area contributed by atoms with Crippen molar-refractivity contribution < 1.29 is 32.7 Å². The molecule has 0 saturated heterocycles. The maximum atomic E-state index is 11.5. The molecule has 0 aliphatic carbocycles. The number of hydrogen-bond acceptors (Lipinski definition) is 2. The summed E-state index contributed by atoms with van der Waals surface area (Å²) < 4.78 is 1.47. The number of hydrogen-bond donors (Lipinski definition) is 0. The fourth-order valence-electron chi connectivity index (χ4n) is 1.30. The van der Waals surface area contributed by atoms with Crippen molar-refractivity contribution in [2.45, 2.75) is 0 Å². The summed E-state index contributed by atoms with van der Waals surface area (Å²) in [7, 11) is 0. The van der Waals surface area contributed by atoms with E-state index in [9.17, 15) is 4.79 Å². The van der Waals surface area contributed by atoms with E-state index in [0.717, 1.165) is 5.69 Å². The van der Waals surface area contributed by atoms with Crippen LogP contribution in [-0.2, 0) is 32.7 Å². The fourth-order valence-corrected chi connectivity index (χ4v) is 1.30. The van der Waals surface area contributed by atoms with E-state index in [1.54, 1.807) is 0 Å². The van der Waals surface area contributed by atoms with E-state index in [1.165, 1.54) is 16.8 Å². The van der Waals surface area contributed by atoms with Crippen LogP contribution in [0.5, 0.6) is 0 Å². The second-order valence-corrected chi connectivity index (χ2v) is 2.87. The van der Waals surface area contributed by atoms with E-state index >= 15 is 0 Å². The molecule has 0 bridgehead atoms. The van der Waals surface area contributed by atoms with Crippen LogP contribution < -0.4 is 5.56 Å². The van der Waals surface area contributed by atoms with Gasteiger partial charge in [-0.05, 0) is 0 Å². The Morgan fingerprint density at radius 1 is 1.40 bits per heavy atom. The molecule has 71 valence electrons. The molecule has 0 amide bonds. The first-order valence-electron chi connectivity index (χ1n) is 4.24. The average Bonchev–Trinajstić information content (AvgIpc) is 2.19. The Bertz CT molecular complexity index is 498. The molecular formula is C10H8BN2OY-. The predicted molar refractivity (Wildman–Crippen MR) is 55.6 cm³/mol. The van der Waals surface area contributed by atoms with E-state index < -0.39 is 0 Å². The van der Waals surface area contributed by atoms with Gasteiger partial charge in [0.15, 0.2) is 0 Å². The second kappa shape index (κ2) is 5.38. The van der Waals surface area contributed by atoms with Crippen molar-refractivity contribution in [2.75, 3.05) is 0 Å². The minimum Gasteiger partial charge on any atom is 0 e. The van der Waals surface area contributed by atoms with E-state index in [1.807, 2.05) is 31.0 Å². The maximum Gasteiger partial charge on any atom is 0 e. The van der Waals surface area contributed by atoms with E-state index in [0.29, 0.717) is 5.82 Å². The second-order valence-electron chi connectivity index (χ2n) is 2.87. The van der Waals surface area contributed by atoms with Gasteiger partial charge < -0.3 is 0 Å². The minimum absolute atomic E-state index is 0. The Labute approximate surface area is 114 Å². The van der Waals surface area contributed by atoms with Gasteiger partial charge in [0.2, 0.25) is 0 Å². The Balaban J connectivity index is 0.00000112. The van der Waals surface area contributed by atoms with Gasteiger partial charge in [0.05, 0.1) is 0 Å². The predicted octanol–water partition coefficient (Wildman–Crippen LogP) is 0.750. The van der Waals surface area contributed by atoms with E-state index in [2.05, 4.69) is 11.9 Å². The Kier molecular flexibility index (Phi) is 4.43. The molecule has 1 radical (unpaired) electrons. The summed E-state index contributed by atoms with van der Waals surface area (Å²) in [5, 5.41) is 0. The molecule has 2 rings (SSSR count). The average molecular weight is 272 g/mol. The topological polar surface area (TPSA) is 34.9 Å². The van der Waals surface area contributed by atoms with Crippen molar-refractivity contribution in [3.63, 3.8) is 0 Å². The molecule has 2 aromatic rings. The normalized spacial score (nSPS) is 9.07. The number of rotatable bonds is 1. The van der Waals surface area contributed by atoms with Crippen molar-refractivity contribution in [3.8, 4) is 5.69 Å². The summed E-state index contributed by atoms with van der Waals surface area (Å²) in [4.78, 5) is 15.5. The third kappa shape index (κ3) is 2.64. The third-order valence-electron chi connectivity index (χ3n) is 1.93. The summed E-state index contributed by atoms with van der Waals surface area (Å²) in [6.07, 6.45) is 1.46. The smallest absolute Gasteiger partial charge is 0 e. The van der Waals surface area contributed by atoms with Crippen molar-refractivity contribution >= 4 is 6.91 Å². The van der Waals surface area contributed by atoms with Crippen molar-refractivity contribution in [1.82, 2.24) is 9.55 Å². The molecule has 0 fully saturated rings. The minimum atomic E-state index is -0.115.